The summed E-state index contributed by atoms with van der Waals surface area (Å²) >= 11 is 0. The third kappa shape index (κ3) is 13.5. The van der Waals surface area contributed by atoms with Gasteiger partial charge < -0.3 is 26.3 Å². The maximum atomic E-state index is 11.9. The molecular formula is C18H30N4O4. The highest BCUT2D eigenvalue weighted by atomic mass is 16.4. The number of unbranched alkanes of at least 4 members (excludes halogenated alkanes) is 1. The second-order valence-corrected chi connectivity index (χ2v) is 5.21. The van der Waals surface area contributed by atoms with Crippen molar-refractivity contribution >= 4 is 24.6 Å². The number of carbonyl (C=O) groups is 3. The van der Waals surface area contributed by atoms with E-state index >= 15 is 0 Å². The van der Waals surface area contributed by atoms with Gasteiger partial charge in [-0.15, -0.1) is 0 Å². The second kappa shape index (κ2) is 16.9. The van der Waals surface area contributed by atoms with E-state index in [0.29, 0.717) is 18.5 Å². The lowest BCUT2D eigenvalue weighted by Gasteiger charge is -2.14. The van der Waals surface area contributed by atoms with Crippen LogP contribution in [0.3, 0.4) is 0 Å². The molecule has 1 amide bonds. The molecule has 1 aromatic rings. The van der Waals surface area contributed by atoms with E-state index in [4.69, 9.17) is 21.0 Å². The van der Waals surface area contributed by atoms with Gasteiger partial charge in [-0.1, -0.05) is 44.9 Å². The Balaban J connectivity index is 0. The van der Waals surface area contributed by atoms with Crippen LogP contribution in [0.2, 0.25) is 0 Å². The molecule has 0 aliphatic carbocycles. The van der Waals surface area contributed by atoms with Crippen LogP contribution in [0.25, 0.3) is 0 Å². The van der Waals surface area contributed by atoms with E-state index in [1.54, 1.807) is 30.3 Å². The van der Waals surface area contributed by atoms with E-state index in [0.717, 1.165) is 0 Å². The lowest BCUT2D eigenvalue weighted by molar-refractivity contribution is -0.139. The summed E-state index contributed by atoms with van der Waals surface area (Å²) in [5.74, 6) is -1.67. The monoisotopic (exact) mass is 366 g/mol. The highest BCUT2D eigenvalue weighted by Gasteiger charge is 2.19. The van der Waals surface area contributed by atoms with Crippen molar-refractivity contribution in [3.05, 3.63) is 35.9 Å². The Morgan fingerprint density at radius 3 is 2.15 bits per heavy atom. The van der Waals surface area contributed by atoms with Crippen molar-refractivity contribution in [2.75, 3.05) is 6.54 Å². The van der Waals surface area contributed by atoms with Gasteiger partial charge in [0.2, 0.25) is 0 Å². The van der Waals surface area contributed by atoms with Gasteiger partial charge in [0.05, 0.1) is 0 Å². The van der Waals surface area contributed by atoms with Gasteiger partial charge in [0.1, 0.15) is 12.8 Å². The maximum absolute atomic E-state index is 11.9. The Kier molecular flexibility index (Phi) is 16.5. The van der Waals surface area contributed by atoms with Gasteiger partial charge in [-0.25, -0.2) is 4.79 Å². The summed E-state index contributed by atoms with van der Waals surface area (Å²) < 4.78 is 0. The average molecular weight is 366 g/mol. The standard InChI is InChI=1S/C13H18N4O3.C4H10.CH2O/c14-13(15)16-8-4-7-10(12(19)20)17-11(18)9-5-2-1-3-6-9;1-3-4-2;1-2/h1-3,5-6,10H,4,7-8H2,(H,17,18)(H,19,20)(H4,14,15,16);3-4H2,1-2H3;1H2. The molecule has 0 spiro atoms. The van der Waals surface area contributed by atoms with Crippen molar-refractivity contribution in [2.45, 2.75) is 45.6 Å². The molecule has 0 saturated carbocycles. The summed E-state index contributed by atoms with van der Waals surface area (Å²) in [6, 6.07) is 7.47. The predicted molar refractivity (Wildman–Crippen MR) is 102 cm³/mol. The van der Waals surface area contributed by atoms with E-state index in [1.165, 1.54) is 12.8 Å². The van der Waals surface area contributed by atoms with Crippen LogP contribution in [0.5, 0.6) is 0 Å². The number of rotatable bonds is 8. The molecule has 0 aliphatic heterocycles. The molecule has 1 atom stereocenters. The zero-order valence-corrected chi connectivity index (χ0v) is 15.5. The third-order valence-corrected chi connectivity index (χ3v) is 3.12. The fourth-order valence-electron chi connectivity index (χ4n) is 1.62. The average Bonchev–Trinajstić information content (AvgIpc) is 2.66. The molecule has 0 bridgehead atoms. The molecule has 0 heterocycles. The van der Waals surface area contributed by atoms with Crippen LogP contribution in [0.4, 0.5) is 0 Å². The summed E-state index contributed by atoms with van der Waals surface area (Å²) in [5, 5.41) is 21.1. The third-order valence-electron chi connectivity index (χ3n) is 3.12. The predicted octanol–water partition coefficient (Wildman–Crippen LogP) is 1.75. The van der Waals surface area contributed by atoms with Crippen LogP contribution >= 0.6 is 0 Å². The number of hydrogen-bond acceptors (Lipinski definition) is 4. The van der Waals surface area contributed by atoms with Crippen molar-refractivity contribution in [1.82, 2.24) is 10.6 Å². The molecule has 0 aromatic heterocycles. The first-order valence-electron chi connectivity index (χ1n) is 8.37. The fraction of sp³-hybridized carbons (Fsp3) is 0.444. The minimum Gasteiger partial charge on any atom is -0.480 e. The first kappa shape index (κ1) is 25.3. The van der Waals surface area contributed by atoms with Crippen molar-refractivity contribution in [1.29, 1.82) is 5.41 Å². The van der Waals surface area contributed by atoms with E-state index in [2.05, 4.69) is 24.5 Å². The van der Waals surface area contributed by atoms with Crippen molar-refractivity contribution in [3.63, 3.8) is 0 Å². The fourth-order valence-corrected chi connectivity index (χ4v) is 1.62. The first-order valence-corrected chi connectivity index (χ1v) is 8.37. The van der Waals surface area contributed by atoms with Crippen LogP contribution in [0.1, 0.15) is 49.9 Å². The molecule has 1 unspecified atom stereocenters. The number of nitrogens with two attached hydrogens (primary N) is 1. The summed E-state index contributed by atoms with van der Waals surface area (Å²) in [5.41, 5.74) is 5.53. The minimum atomic E-state index is -1.09. The normalized spacial score (nSPS) is 10.1. The highest BCUT2D eigenvalue weighted by molar-refractivity contribution is 5.96. The molecule has 6 N–H and O–H groups in total. The largest absolute Gasteiger partial charge is 0.480 e. The summed E-state index contributed by atoms with van der Waals surface area (Å²) in [6.45, 7) is 6.75. The Morgan fingerprint density at radius 1 is 1.19 bits per heavy atom. The molecule has 0 radical (unpaired) electrons. The number of nitrogens with one attached hydrogen (secondary N) is 3. The minimum absolute atomic E-state index is 0.162. The molecule has 146 valence electrons. The van der Waals surface area contributed by atoms with Gasteiger partial charge in [-0.2, -0.15) is 0 Å². The number of hydrogen-bond donors (Lipinski definition) is 5. The van der Waals surface area contributed by atoms with Crippen LogP contribution in [-0.4, -0.2) is 42.3 Å². The lowest BCUT2D eigenvalue weighted by Crippen LogP contribution is -2.41. The van der Waals surface area contributed by atoms with E-state index in [-0.39, 0.29) is 12.4 Å². The summed E-state index contributed by atoms with van der Waals surface area (Å²) in [4.78, 5) is 30.9. The zero-order chi connectivity index (χ0) is 20.4. The molecule has 0 fully saturated rings. The number of carboxylic acid groups (broad SMARTS) is 1. The van der Waals surface area contributed by atoms with Gasteiger partial charge >= 0.3 is 5.97 Å². The van der Waals surface area contributed by atoms with E-state index < -0.39 is 17.9 Å². The molecule has 26 heavy (non-hydrogen) atoms. The summed E-state index contributed by atoms with van der Waals surface area (Å²) in [6.07, 6.45) is 3.37. The Hall–Kier alpha value is -2.90. The number of aliphatic carboxylic acids is 1. The van der Waals surface area contributed by atoms with Gasteiger partial charge in [-0.3, -0.25) is 10.2 Å². The first-order chi connectivity index (χ1) is 12.4. The Labute approximate surface area is 154 Å². The molecule has 1 aromatic carbocycles. The van der Waals surface area contributed by atoms with Gasteiger partial charge in [-0.05, 0) is 25.0 Å². The number of amides is 1. The van der Waals surface area contributed by atoms with Crippen molar-refractivity contribution < 1.29 is 19.5 Å². The molecular weight excluding hydrogens is 336 g/mol. The zero-order valence-electron chi connectivity index (χ0n) is 15.5. The lowest BCUT2D eigenvalue weighted by atomic mass is 10.1. The quantitative estimate of drug-likeness (QED) is 0.269. The van der Waals surface area contributed by atoms with Crippen LogP contribution in [0, 0.1) is 5.41 Å². The molecule has 8 nitrogen and oxygen atoms in total. The second-order valence-electron chi connectivity index (χ2n) is 5.21. The number of carboxylic acids is 1. The molecule has 0 saturated heterocycles. The number of carbonyl (C=O) groups excluding carboxylic acids is 2. The van der Waals surface area contributed by atoms with E-state index in [9.17, 15) is 9.59 Å². The van der Waals surface area contributed by atoms with Gasteiger partial charge in [0, 0.05) is 12.1 Å². The number of benzene rings is 1. The number of guanidine groups is 1. The van der Waals surface area contributed by atoms with E-state index in [1.807, 2.05) is 6.79 Å². The molecule has 0 aliphatic rings. The smallest absolute Gasteiger partial charge is 0.326 e. The Morgan fingerprint density at radius 2 is 1.73 bits per heavy atom. The topological polar surface area (TPSA) is 145 Å². The van der Waals surface area contributed by atoms with Gasteiger partial charge in [0.25, 0.3) is 5.91 Å². The highest BCUT2D eigenvalue weighted by Crippen LogP contribution is 2.02. The molecule has 1 rings (SSSR count). The van der Waals surface area contributed by atoms with Gasteiger partial charge in [0.15, 0.2) is 5.96 Å². The van der Waals surface area contributed by atoms with Crippen molar-refractivity contribution in [3.8, 4) is 0 Å². The van der Waals surface area contributed by atoms with Crippen LogP contribution < -0.4 is 16.4 Å². The molecule has 8 heteroatoms. The Bertz CT molecular complexity index is 521. The van der Waals surface area contributed by atoms with Crippen LogP contribution in [-0.2, 0) is 9.59 Å². The van der Waals surface area contributed by atoms with Crippen LogP contribution in [0.15, 0.2) is 30.3 Å². The SMILES string of the molecule is C=O.CCCC.N=C(N)NCCCC(NC(=O)c1ccccc1)C(=O)O. The maximum Gasteiger partial charge on any atom is 0.326 e. The summed E-state index contributed by atoms with van der Waals surface area (Å²) in [7, 11) is 0. The van der Waals surface area contributed by atoms with Crippen molar-refractivity contribution in [2.24, 2.45) is 5.73 Å².